The molecule has 4 nitrogen and oxygen atoms in total. The molecule has 0 aliphatic carbocycles. The fourth-order valence-corrected chi connectivity index (χ4v) is 2.08. The van der Waals surface area contributed by atoms with E-state index in [-0.39, 0.29) is 5.82 Å². The van der Waals surface area contributed by atoms with Gasteiger partial charge < -0.3 is 10.3 Å². The highest BCUT2D eigenvalue weighted by Gasteiger charge is 2.16. The summed E-state index contributed by atoms with van der Waals surface area (Å²) < 4.78 is 15.4. The number of nitrogens with two attached hydrogens (primary N) is 1. The van der Waals surface area contributed by atoms with E-state index in [1.165, 1.54) is 12.1 Å². The van der Waals surface area contributed by atoms with Crippen LogP contribution in [0.25, 0.3) is 11.4 Å². The lowest BCUT2D eigenvalue weighted by molar-refractivity contribution is 0.510. The van der Waals surface area contributed by atoms with Gasteiger partial charge in [-0.05, 0) is 30.5 Å². The van der Waals surface area contributed by atoms with Crippen LogP contribution in [0.2, 0.25) is 0 Å². The molecule has 19 heavy (non-hydrogen) atoms. The number of benzene rings is 1. The summed E-state index contributed by atoms with van der Waals surface area (Å²) >= 11 is 0. The predicted octanol–water partition coefficient (Wildman–Crippen LogP) is 2.51. The Morgan fingerprint density at radius 3 is 2.68 bits per heavy atom. The Labute approximate surface area is 112 Å². The van der Waals surface area contributed by atoms with Gasteiger partial charge in [-0.1, -0.05) is 19.9 Å². The zero-order valence-corrected chi connectivity index (χ0v) is 11.5. The summed E-state index contributed by atoms with van der Waals surface area (Å²) in [5, 5.41) is 8.28. The van der Waals surface area contributed by atoms with E-state index in [2.05, 4.69) is 24.0 Å². The van der Waals surface area contributed by atoms with Gasteiger partial charge in [0.2, 0.25) is 0 Å². The van der Waals surface area contributed by atoms with Gasteiger partial charge in [-0.2, -0.15) is 0 Å². The first-order chi connectivity index (χ1) is 9.02. The summed E-state index contributed by atoms with van der Waals surface area (Å²) in [6.07, 6.45) is 0. The van der Waals surface area contributed by atoms with Gasteiger partial charge in [-0.25, -0.2) is 4.39 Å². The van der Waals surface area contributed by atoms with Crippen molar-refractivity contribution in [3.8, 4) is 11.4 Å². The van der Waals surface area contributed by atoms with E-state index in [9.17, 15) is 4.39 Å². The van der Waals surface area contributed by atoms with Gasteiger partial charge in [0.1, 0.15) is 11.6 Å². The van der Waals surface area contributed by atoms with Crippen molar-refractivity contribution >= 4 is 0 Å². The molecule has 0 radical (unpaired) electrons. The quantitative estimate of drug-likeness (QED) is 0.921. The molecule has 0 saturated carbocycles. The molecule has 0 unspecified atom stereocenters. The van der Waals surface area contributed by atoms with Crippen LogP contribution < -0.4 is 5.73 Å². The van der Waals surface area contributed by atoms with Crippen molar-refractivity contribution in [2.24, 2.45) is 11.7 Å². The first-order valence-corrected chi connectivity index (χ1v) is 6.41. The second-order valence-corrected chi connectivity index (χ2v) is 5.11. The summed E-state index contributed by atoms with van der Waals surface area (Å²) in [5.74, 6) is 1.58. The minimum absolute atomic E-state index is 0.269. The molecule has 2 rings (SSSR count). The number of aryl methyl sites for hydroxylation is 1. The Morgan fingerprint density at radius 2 is 2.05 bits per heavy atom. The summed E-state index contributed by atoms with van der Waals surface area (Å²) in [4.78, 5) is 0. The molecule has 1 aromatic carbocycles. The molecule has 0 aliphatic rings. The molecule has 0 amide bonds. The van der Waals surface area contributed by atoms with E-state index in [4.69, 9.17) is 5.73 Å². The van der Waals surface area contributed by atoms with Gasteiger partial charge in [0.05, 0.1) is 6.54 Å². The van der Waals surface area contributed by atoms with Crippen LogP contribution in [0, 0.1) is 18.7 Å². The number of halogens is 1. The lowest BCUT2D eigenvalue weighted by atomic mass is 10.1. The van der Waals surface area contributed by atoms with E-state index in [0.29, 0.717) is 18.3 Å². The van der Waals surface area contributed by atoms with Crippen LogP contribution >= 0.6 is 0 Å². The fourth-order valence-electron chi connectivity index (χ4n) is 2.08. The van der Waals surface area contributed by atoms with Crippen molar-refractivity contribution in [2.45, 2.75) is 33.9 Å². The van der Waals surface area contributed by atoms with Crippen molar-refractivity contribution in [1.82, 2.24) is 14.8 Å². The second-order valence-electron chi connectivity index (χ2n) is 5.11. The molecule has 1 aromatic heterocycles. The smallest absolute Gasteiger partial charge is 0.164 e. The van der Waals surface area contributed by atoms with Gasteiger partial charge in [0, 0.05) is 12.1 Å². The standard InChI is InChI=1S/C14H19FN4/c1-9(2)8-19-13(7-16)17-18-14(19)12-6-11(15)5-4-10(12)3/h4-6,9H,7-8,16H2,1-3H3. The van der Waals surface area contributed by atoms with Crippen LogP contribution in [-0.4, -0.2) is 14.8 Å². The maximum absolute atomic E-state index is 13.4. The summed E-state index contributed by atoms with van der Waals surface area (Å²) in [6, 6.07) is 4.70. The second kappa shape index (κ2) is 5.48. The van der Waals surface area contributed by atoms with Crippen LogP contribution in [0.15, 0.2) is 18.2 Å². The van der Waals surface area contributed by atoms with E-state index >= 15 is 0 Å². The largest absolute Gasteiger partial charge is 0.324 e. The molecule has 0 bridgehead atoms. The van der Waals surface area contributed by atoms with Gasteiger partial charge in [-0.3, -0.25) is 0 Å². The third kappa shape index (κ3) is 2.81. The zero-order valence-electron chi connectivity index (χ0n) is 11.5. The Kier molecular flexibility index (Phi) is 3.95. The monoisotopic (exact) mass is 262 g/mol. The molecular formula is C14H19FN4. The lowest BCUT2D eigenvalue weighted by Gasteiger charge is -2.13. The number of rotatable bonds is 4. The van der Waals surface area contributed by atoms with E-state index in [1.807, 2.05) is 11.5 Å². The summed E-state index contributed by atoms with van der Waals surface area (Å²) in [6.45, 7) is 7.26. The molecule has 102 valence electrons. The Morgan fingerprint density at radius 1 is 1.32 bits per heavy atom. The van der Waals surface area contributed by atoms with Crippen LogP contribution in [0.3, 0.4) is 0 Å². The third-order valence-electron chi connectivity index (χ3n) is 3.00. The molecule has 0 saturated heterocycles. The van der Waals surface area contributed by atoms with Crippen LogP contribution in [0.4, 0.5) is 4.39 Å². The third-order valence-corrected chi connectivity index (χ3v) is 3.00. The molecular weight excluding hydrogens is 243 g/mol. The minimum atomic E-state index is -0.269. The van der Waals surface area contributed by atoms with Gasteiger partial charge in [-0.15, -0.1) is 10.2 Å². The van der Waals surface area contributed by atoms with E-state index in [1.54, 1.807) is 6.07 Å². The maximum Gasteiger partial charge on any atom is 0.164 e. The Balaban J connectivity index is 2.55. The predicted molar refractivity (Wildman–Crippen MR) is 72.9 cm³/mol. The van der Waals surface area contributed by atoms with Crippen molar-refractivity contribution in [1.29, 1.82) is 0 Å². The molecule has 1 heterocycles. The van der Waals surface area contributed by atoms with Gasteiger partial charge in [0.15, 0.2) is 5.82 Å². The van der Waals surface area contributed by atoms with Crippen molar-refractivity contribution in [3.05, 3.63) is 35.4 Å². The van der Waals surface area contributed by atoms with Crippen molar-refractivity contribution < 1.29 is 4.39 Å². The Hall–Kier alpha value is -1.75. The fraction of sp³-hybridized carbons (Fsp3) is 0.429. The highest BCUT2D eigenvalue weighted by Crippen LogP contribution is 2.24. The van der Waals surface area contributed by atoms with Crippen LogP contribution in [-0.2, 0) is 13.1 Å². The van der Waals surface area contributed by atoms with Crippen LogP contribution in [0.1, 0.15) is 25.2 Å². The summed E-state index contributed by atoms with van der Waals surface area (Å²) in [7, 11) is 0. The molecule has 2 aromatic rings. The highest BCUT2D eigenvalue weighted by atomic mass is 19.1. The van der Waals surface area contributed by atoms with Crippen molar-refractivity contribution in [3.63, 3.8) is 0 Å². The number of hydrogen-bond acceptors (Lipinski definition) is 3. The SMILES string of the molecule is Cc1ccc(F)cc1-c1nnc(CN)n1CC(C)C. The molecule has 0 fully saturated rings. The first-order valence-electron chi connectivity index (χ1n) is 6.41. The lowest BCUT2D eigenvalue weighted by Crippen LogP contribution is -2.13. The van der Waals surface area contributed by atoms with Gasteiger partial charge in [0.25, 0.3) is 0 Å². The normalized spacial score (nSPS) is 11.3. The molecule has 0 aliphatic heterocycles. The first kappa shape index (κ1) is 13.7. The molecule has 0 spiro atoms. The minimum Gasteiger partial charge on any atom is -0.324 e. The maximum atomic E-state index is 13.4. The van der Waals surface area contributed by atoms with E-state index in [0.717, 1.165) is 23.5 Å². The number of aromatic nitrogens is 3. The topological polar surface area (TPSA) is 56.7 Å². The average molecular weight is 262 g/mol. The molecule has 0 atom stereocenters. The highest BCUT2D eigenvalue weighted by molar-refractivity contribution is 5.60. The van der Waals surface area contributed by atoms with Gasteiger partial charge >= 0.3 is 0 Å². The summed E-state index contributed by atoms with van der Waals surface area (Å²) in [5.41, 5.74) is 7.43. The van der Waals surface area contributed by atoms with Crippen LogP contribution in [0.5, 0.6) is 0 Å². The van der Waals surface area contributed by atoms with Crippen molar-refractivity contribution in [2.75, 3.05) is 0 Å². The molecule has 2 N–H and O–H groups in total. The number of nitrogens with zero attached hydrogens (tertiary/aromatic N) is 3. The zero-order chi connectivity index (χ0) is 14.0. The Bertz CT molecular complexity index is 575. The van der Waals surface area contributed by atoms with E-state index < -0.39 is 0 Å². The average Bonchev–Trinajstić information content (AvgIpc) is 2.74. The molecule has 5 heteroatoms. The number of hydrogen-bond donors (Lipinski definition) is 1.